The summed E-state index contributed by atoms with van der Waals surface area (Å²) >= 11 is 0. The molecule has 0 radical (unpaired) electrons. The van der Waals surface area contributed by atoms with Gasteiger partial charge in [-0.1, -0.05) is 36.4 Å². The Bertz CT molecular complexity index is 1130. The highest BCUT2D eigenvalue weighted by atomic mass is 32.2. The lowest BCUT2D eigenvalue weighted by Gasteiger charge is -2.26. The first kappa shape index (κ1) is 22.7. The molecule has 6 heteroatoms. The average molecular weight is 437 g/mol. The van der Waals surface area contributed by atoms with E-state index in [4.69, 9.17) is 0 Å². The molecule has 3 aromatic rings. The Morgan fingerprint density at radius 2 is 1.48 bits per heavy atom. The van der Waals surface area contributed by atoms with Gasteiger partial charge in [-0.25, -0.2) is 8.42 Å². The molecule has 0 saturated carbocycles. The first-order valence-corrected chi connectivity index (χ1v) is 11.7. The summed E-state index contributed by atoms with van der Waals surface area (Å²) in [5.74, 6) is -0.279. The standard InChI is InChI=1S/C25H28N2O3S/c1-18(2)27(17-21-8-6-5-7-9-21)31(29,30)24-12-10-22(11-13-24)25(28)26-23-15-19(3)14-20(4)16-23/h5-16,18H,17H2,1-4H3,(H,26,28). The molecule has 0 unspecified atom stereocenters. The van der Waals surface area contributed by atoms with Crippen LogP contribution in [0.3, 0.4) is 0 Å². The lowest BCUT2D eigenvalue weighted by Crippen LogP contribution is -2.36. The predicted molar refractivity (Wildman–Crippen MR) is 125 cm³/mol. The van der Waals surface area contributed by atoms with E-state index < -0.39 is 10.0 Å². The largest absolute Gasteiger partial charge is 0.322 e. The maximum Gasteiger partial charge on any atom is 0.255 e. The van der Waals surface area contributed by atoms with Crippen molar-refractivity contribution in [3.05, 3.63) is 95.1 Å². The van der Waals surface area contributed by atoms with Gasteiger partial charge in [0.1, 0.15) is 0 Å². The number of hydrogen-bond donors (Lipinski definition) is 1. The molecular formula is C25H28N2O3S. The maximum atomic E-state index is 13.3. The molecule has 0 aliphatic heterocycles. The second-order valence-electron chi connectivity index (χ2n) is 7.98. The quantitative estimate of drug-likeness (QED) is 0.557. The van der Waals surface area contributed by atoms with Crippen LogP contribution in [0.1, 0.15) is 40.9 Å². The first-order valence-electron chi connectivity index (χ1n) is 10.2. The number of hydrogen-bond acceptors (Lipinski definition) is 3. The molecule has 162 valence electrons. The molecule has 0 heterocycles. The molecule has 0 aliphatic carbocycles. The zero-order valence-electron chi connectivity index (χ0n) is 18.3. The number of carbonyl (C=O) groups excluding carboxylic acids is 1. The smallest absolute Gasteiger partial charge is 0.255 e. The summed E-state index contributed by atoms with van der Waals surface area (Å²) in [6, 6.07) is 21.2. The van der Waals surface area contributed by atoms with Crippen molar-refractivity contribution in [2.24, 2.45) is 0 Å². The van der Waals surface area contributed by atoms with Crippen LogP contribution in [0, 0.1) is 13.8 Å². The molecule has 3 rings (SSSR count). The molecule has 0 atom stereocenters. The fraction of sp³-hybridized carbons (Fsp3) is 0.240. The summed E-state index contributed by atoms with van der Waals surface area (Å²) < 4.78 is 28.0. The zero-order chi connectivity index (χ0) is 22.6. The van der Waals surface area contributed by atoms with Crippen LogP contribution in [0.4, 0.5) is 5.69 Å². The summed E-state index contributed by atoms with van der Waals surface area (Å²) in [6.07, 6.45) is 0. The summed E-state index contributed by atoms with van der Waals surface area (Å²) in [7, 11) is -3.71. The lowest BCUT2D eigenvalue weighted by molar-refractivity contribution is 0.102. The maximum absolute atomic E-state index is 13.3. The van der Waals surface area contributed by atoms with E-state index in [0.717, 1.165) is 16.7 Å². The van der Waals surface area contributed by atoms with E-state index in [1.807, 2.05) is 76.2 Å². The number of nitrogens with one attached hydrogen (secondary N) is 1. The highest BCUT2D eigenvalue weighted by Gasteiger charge is 2.27. The number of sulfonamides is 1. The Morgan fingerprint density at radius 1 is 0.903 bits per heavy atom. The summed E-state index contributed by atoms with van der Waals surface area (Å²) in [4.78, 5) is 12.8. The van der Waals surface area contributed by atoms with Crippen molar-refractivity contribution in [2.45, 2.75) is 45.2 Å². The monoisotopic (exact) mass is 436 g/mol. The molecule has 0 spiro atoms. The number of anilines is 1. The third kappa shape index (κ3) is 5.60. The van der Waals surface area contributed by atoms with E-state index in [1.165, 1.54) is 16.4 Å². The van der Waals surface area contributed by atoms with Crippen molar-refractivity contribution in [1.82, 2.24) is 4.31 Å². The molecule has 5 nitrogen and oxygen atoms in total. The molecule has 0 saturated heterocycles. The van der Waals surface area contributed by atoms with Crippen LogP contribution in [0.25, 0.3) is 0 Å². The van der Waals surface area contributed by atoms with Gasteiger partial charge in [0.2, 0.25) is 10.0 Å². The molecule has 0 aromatic heterocycles. The van der Waals surface area contributed by atoms with Crippen LogP contribution < -0.4 is 5.32 Å². The minimum Gasteiger partial charge on any atom is -0.322 e. The molecule has 0 bridgehead atoms. The van der Waals surface area contributed by atoms with Crippen LogP contribution in [-0.4, -0.2) is 24.7 Å². The minimum atomic E-state index is -3.71. The molecule has 3 aromatic carbocycles. The Kier molecular flexibility index (Phi) is 6.93. The second kappa shape index (κ2) is 9.45. The topological polar surface area (TPSA) is 66.5 Å². The van der Waals surface area contributed by atoms with Gasteiger partial charge in [0.25, 0.3) is 5.91 Å². The SMILES string of the molecule is Cc1cc(C)cc(NC(=O)c2ccc(S(=O)(=O)N(Cc3ccccc3)C(C)C)cc2)c1. The van der Waals surface area contributed by atoms with Crippen LogP contribution >= 0.6 is 0 Å². The van der Waals surface area contributed by atoms with Gasteiger partial charge in [0.05, 0.1) is 4.90 Å². The van der Waals surface area contributed by atoms with E-state index in [2.05, 4.69) is 5.32 Å². The molecule has 1 N–H and O–H groups in total. The van der Waals surface area contributed by atoms with E-state index in [9.17, 15) is 13.2 Å². The van der Waals surface area contributed by atoms with Crippen molar-refractivity contribution in [1.29, 1.82) is 0 Å². The number of carbonyl (C=O) groups is 1. The number of aryl methyl sites for hydroxylation is 2. The third-order valence-electron chi connectivity index (χ3n) is 4.96. The highest BCUT2D eigenvalue weighted by molar-refractivity contribution is 7.89. The van der Waals surface area contributed by atoms with Crippen molar-refractivity contribution in [2.75, 3.05) is 5.32 Å². The van der Waals surface area contributed by atoms with Crippen molar-refractivity contribution in [3.8, 4) is 0 Å². The van der Waals surface area contributed by atoms with E-state index >= 15 is 0 Å². The minimum absolute atomic E-state index is 0.167. The van der Waals surface area contributed by atoms with Crippen LogP contribution in [0.5, 0.6) is 0 Å². The highest BCUT2D eigenvalue weighted by Crippen LogP contribution is 2.22. The van der Waals surface area contributed by atoms with E-state index in [0.29, 0.717) is 11.3 Å². The van der Waals surface area contributed by atoms with Crippen molar-refractivity contribution in [3.63, 3.8) is 0 Å². The number of nitrogens with zero attached hydrogens (tertiary/aromatic N) is 1. The van der Waals surface area contributed by atoms with E-state index in [-0.39, 0.29) is 23.4 Å². The van der Waals surface area contributed by atoms with Gasteiger partial charge in [0.15, 0.2) is 0 Å². The molecule has 0 aliphatic rings. The van der Waals surface area contributed by atoms with Gasteiger partial charge >= 0.3 is 0 Å². The van der Waals surface area contributed by atoms with Gasteiger partial charge in [-0.3, -0.25) is 4.79 Å². The van der Waals surface area contributed by atoms with Gasteiger partial charge in [0, 0.05) is 23.8 Å². The summed E-state index contributed by atoms with van der Waals surface area (Å²) in [6.45, 7) is 7.94. The Balaban J connectivity index is 1.80. The Morgan fingerprint density at radius 3 is 2.03 bits per heavy atom. The Hall–Kier alpha value is -2.96. The van der Waals surface area contributed by atoms with Gasteiger partial charge in [-0.2, -0.15) is 4.31 Å². The lowest BCUT2D eigenvalue weighted by atomic mass is 10.1. The molecular weight excluding hydrogens is 408 g/mol. The average Bonchev–Trinajstić information content (AvgIpc) is 2.71. The van der Waals surface area contributed by atoms with Crippen molar-refractivity contribution < 1.29 is 13.2 Å². The van der Waals surface area contributed by atoms with Gasteiger partial charge in [-0.05, 0) is 80.8 Å². The van der Waals surface area contributed by atoms with Gasteiger partial charge in [-0.15, -0.1) is 0 Å². The summed E-state index contributed by atoms with van der Waals surface area (Å²) in [5.41, 5.74) is 4.15. The van der Waals surface area contributed by atoms with Gasteiger partial charge < -0.3 is 5.32 Å². The van der Waals surface area contributed by atoms with E-state index in [1.54, 1.807) is 12.1 Å². The first-order chi connectivity index (χ1) is 14.7. The fourth-order valence-corrected chi connectivity index (χ4v) is 5.10. The predicted octanol–water partition coefficient (Wildman–Crippen LogP) is 5.16. The number of rotatable bonds is 7. The number of benzene rings is 3. The van der Waals surface area contributed by atoms with Crippen molar-refractivity contribution >= 4 is 21.6 Å². The normalized spacial score (nSPS) is 11.7. The van der Waals surface area contributed by atoms with Crippen LogP contribution in [0.15, 0.2) is 77.7 Å². The molecule has 1 amide bonds. The fourth-order valence-electron chi connectivity index (χ4n) is 3.47. The van der Waals surface area contributed by atoms with Crippen LogP contribution in [-0.2, 0) is 16.6 Å². The zero-order valence-corrected chi connectivity index (χ0v) is 19.1. The number of amides is 1. The second-order valence-corrected chi connectivity index (χ2v) is 9.88. The molecule has 0 fully saturated rings. The van der Waals surface area contributed by atoms with Crippen LogP contribution in [0.2, 0.25) is 0 Å². The Labute approximate surface area is 184 Å². The third-order valence-corrected chi connectivity index (χ3v) is 7.00. The summed E-state index contributed by atoms with van der Waals surface area (Å²) in [5, 5.41) is 2.87. The molecule has 31 heavy (non-hydrogen) atoms.